The maximum Gasteiger partial charge on any atom is 0.243 e. The van der Waals surface area contributed by atoms with E-state index in [1.165, 1.54) is 11.8 Å². The van der Waals surface area contributed by atoms with Gasteiger partial charge in [0.1, 0.15) is 6.04 Å². The van der Waals surface area contributed by atoms with Crippen LogP contribution < -0.4 is 5.32 Å². The summed E-state index contributed by atoms with van der Waals surface area (Å²) in [5, 5.41) is 4.79. The SMILES string of the molecule is CC[C@H](C)NC(=O)[C@@H](Cc1ccccc1)N(Cc1cccc(Cl)c1)C(=O)CSCc1c(Cl)cccc1Cl. The number of rotatable bonds is 12. The van der Waals surface area contributed by atoms with E-state index < -0.39 is 6.04 Å². The second-order valence-electron chi connectivity index (χ2n) is 8.87. The predicted octanol–water partition coefficient (Wildman–Crippen LogP) is 7.43. The van der Waals surface area contributed by atoms with Crippen LogP contribution in [0.5, 0.6) is 0 Å². The number of hydrogen-bond donors (Lipinski definition) is 1. The number of amides is 2. The van der Waals surface area contributed by atoms with Crippen LogP contribution in [0.4, 0.5) is 0 Å². The Balaban J connectivity index is 1.88. The fourth-order valence-electron chi connectivity index (χ4n) is 3.82. The van der Waals surface area contributed by atoms with Crippen LogP contribution in [0.2, 0.25) is 15.1 Å². The Labute approximate surface area is 238 Å². The number of carbonyl (C=O) groups is 2. The van der Waals surface area contributed by atoms with Gasteiger partial charge in [0.25, 0.3) is 0 Å². The Morgan fingerprint density at radius 1 is 0.919 bits per heavy atom. The van der Waals surface area contributed by atoms with Crippen molar-refractivity contribution >= 4 is 58.4 Å². The maximum absolute atomic E-state index is 13.7. The molecule has 0 radical (unpaired) electrons. The molecule has 0 heterocycles. The molecule has 0 bridgehead atoms. The Hall–Kier alpha value is -2.18. The van der Waals surface area contributed by atoms with Crippen molar-refractivity contribution in [1.82, 2.24) is 10.2 Å². The van der Waals surface area contributed by atoms with Crippen molar-refractivity contribution in [2.45, 2.75) is 51.1 Å². The third-order valence-electron chi connectivity index (χ3n) is 6.05. The summed E-state index contributed by atoms with van der Waals surface area (Å²) >= 11 is 20.3. The minimum atomic E-state index is -0.688. The van der Waals surface area contributed by atoms with Crippen LogP contribution in [0, 0.1) is 0 Å². The number of hydrogen-bond acceptors (Lipinski definition) is 3. The lowest BCUT2D eigenvalue weighted by Gasteiger charge is -2.32. The molecule has 37 heavy (non-hydrogen) atoms. The number of nitrogens with one attached hydrogen (secondary N) is 1. The van der Waals surface area contributed by atoms with Gasteiger partial charge in [-0.2, -0.15) is 0 Å². The molecule has 4 nitrogen and oxygen atoms in total. The molecule has 0 saturated heterocycles. The summed E-state index contributed by atoms with van der Waals surface area (Å²) in [4.78, 5) is 28.9. The average Bonchev–Trinajstić information content (AvgIpc) is 2.88. The molecule has 1 N–H and O–H groups in total. The predicted molar refractivity (Wildman–Crippen MR) is 156 cm³/mol. The van der Waals surface area contributed by atoms with E-state index in [1.54, 1.807) is 29.2 Å². The van der Waals surface area contributed by atoms with Gasteiger partial charge < -0.3 is 10.2 Å². The molecule has 0 saturated carbocycles. The molecule has 0 aliphatic heterocycles. The van der Waals surface area contributed by atoms with E-state index in [9.17, 15) is 9.59 Å². The van der Waals surface area contributed by atoms with E-state index in [0.717, 1.165) is 23.1 Å². The van der Waals surface area contributed by atoms with Crippen LogP contribution in [-0.4, -0.2) is 34.6 Å². The molecular weight excluding hydrogens is 547 g/mol. The summed E-state index contributed by atoms with van der Waals surface area (Å²) in [7, 11) is 0. The quantitative estimate of drug-likeness (QED) is 0.243. The number of nitrogens with zero attached hydrogens (tertiary/aromatic N) is 1. The van der Waals surface area contributed by atoms with Crippen LogP contribution in [0.1, 0.15) is 37.0 Å². The first-order valence-corrected chi connectivity index (χ1v) is 14.5. The molecule has 0 aliphatic carbocycles. The number of benzene rings is 3. The van der Waals surface area contributed by atoms with Gasteiger partial charge in [0, 0.05) is 39.8 Å². The highest BCUT2D eigenvalue weighted by Gasteiger charge is 2.31. The average molecular weight is 578 g/mol. The maximum atomic E-state index is 13.7. The van der Waals surface area contributed by atoms with Crippen molar-refractivity contribution in [3.05, 3.63) is 105 Å². The van der Waals surface area contributed by atoms with Gasteiger partial charge in [0.05, 0.1) is 5.75 Å². The van der Waals surface area contributed by atoms with E-state index in [0.29, 0.717) is 27.2 Å². The Morgan fingerprint density at radius 3 is 2.22 bits per heavy atom. The van der Waals surface area contributed by atoms with Crippen LogP contribution >= 0.6 is 46.6 Å². The summed E-state index contributed by atoms with van der Waals surface area (Å²) < 4.78 is 0. The zero-order chi connectivity index (χ0) is 26.8. The van der Waals surface area contributed by atoms with E-state index in [2.05, 4.69) is 5.32 Å². The van der Waals surface area contributed by atoms with Gasteiger partial charge >= 0.3 is 0 Å². The highest BCUT2D eigenvalue weighted by molar-refractivity contribution is 7.99. The van der Waals surface area contributed by atoms with Crippen molar-refractivity contribution in [2.75, 3.05) is 5.75 Å². The van der Waals surface area contributed by atoms with Crippen molar-refractivity contribution in [2.24, 2.45) is 0 Å². The van der Waals surface area contributed by atoms with E-state index in [4.69, 9.17) is 34.8 Å². The second kappa shape index (κ2) is 14.7. The van der Waals surface area contributed by atoms with Crippen LogP contribution in [0.15, 0.2) is 72.8 Å². The summed E-state index contributed by atoms with van der Waals surface area (Å²) in [5.74, 6) is 0.336. The zero-order valence-corrected chi connectivity index (χ0v) is 24.0. The fraction of sp³-hybridized carbons (Fsp3) is 0.310. The standard InChI is InChI=1S/C29H31Cl3N2O2S/c1-3-20(2)33-29(36)27(16-21-9-5-4-6-10-21)34(17-22-11-7-12-23(30)15-22)28(35)19-37-18-24-25(31)13-8-14-26(24)32/h4-15,20,27H,3,16-19H2,1-2H3,(H,33,36)/t20-,27+/m0/s1. The molecule has 3 rings (SSSR count). The van der Waals surface area contributed by atoms with E-state index in [1.807, 2.05) is 62.4 Å². The van der Waals surface area contributed by atoms with Gasteiger partial charge in [-0.3, -0.25) is 9.59 Å². The first kappa shape index (κ1) is 29.4. The molecule has 2 amide bonds. The molecule has 8 heteroatoms. The number of thioether (sulfide) groups is 1. The van der Waals surface area contributed by atoms with Crippen molar-refractivity contribution in [3.63, 3.8) is 0 Å². The lowest BCUT2D eigenvalue weighted by Crippen LogP contribution is -2.52. The highest BCUT2D eigenvalue weighted by atomic mass is 35.5. The van der Waals surface area contributed by atoms with Crippen LogP contribution in [-0.2, 0) is 28.3 Å². The lowest BCUT2D eigenvalue weighted by atomic mass is 10.0. The summed E-state index contributed by atoms with van der Waals surface area (Å²) in [6, 6.07) is 21.8. The van der Waals surface area contributed by atoms with Gasteiger partial charge in [-0.1, -0.05) is 90.3 Å². The second-order valence-corrected chi connectivity index (χ2v) is 11.1. The monoisotopic (exact) mass is 576 g/mol. The van der Waals surface area contributed by atoms with Crippen molar-refractivity contribution in [1.29, 1.82) is 0 Å². The molecule has 0 spiro atoms. The summed E-state index contributed by atoms with van der Waals surface area (Å²) in [6.45, 7) is 4.24. The lowest BCUT2D eigenvalue weighted by molar-refractivity contribution is -0.139. The molecule has 2 atom stereocenters. The Morgan fingerprint density at radius 2 is 1.57 bits per heavy atom. The third-order valence-corrected chi connectivity index (χ3v) is 7.93. The first-order valence-electron chi connectivity index (χ1n) is 12.2. The van der Waals surface area contributed by atoms with E-state index >= 15 is 0 Å². The van der Waals surface area contributed by atoms with E-state index in [-0.39, 0.29) is 30.2 Å². The molecule has 0 fully saturated rings. The van der Waals surface area contributed by atoms with Crippen LogP contribution in [0.25, 0.3) is 0 Å². The molecular formula is C29H31Cl3N2O2S. The molecule has 0 unspecified atom stereocenters. The van der Waals surface area contributed by atoms with Crippen LogP contribution in [0.3, 0.4) is 0 Å². The Bertz CT molecular complexity index is 1170. The molecule has 3 aromatic carbocycles. The largest absolute Gasteiger partial charge is 0.352 e. The topological polar surface area (TPSA) is 49.4 Å². The van der Waals surface area contributed by atoms with Gasteiger partial charge in [-0.25, -0.2) is 0 Å². The molecule has 196 valence electrons. The number of carbonyl (C=O) groups excluding carboxylic acids is 2. The zero-order valence-electron chi connectivity index (χ0n) is 20.9. The minimum Gasteiger partial charge on any atom is -0.352 e. The van der Waals surface area contributed by atoms with Gasteiger partial charge in [-0.05, 0) is 54.3 Å². The van der Waals surface area contributed by atoms with Crippen molar-refractivity contribution in [3.8, 4) is 0 Å². The fourth-order valence-corrected chi connectivity index (χ4v) is 5.68. The van der Waals surface area contributed by atoms with Gasteiger partial charge in [0.15, 0.2) is 0 Å². The van der Waals surface area contributed by atoms with Gasteiger partial charge in [-0.15, -0.1) is 11.8 Å². The number of halogens is 3. The summed E-state index contributed by atoms with van der Waals surface area (Å²) in [5.41, 5.74) is 2.63. The highest BCUT2D eigenvalue weighted by Crippen LogP contribution is 2.28. The van der Waals surface area contributed by atoms with Crippen molar-refractivity contribution < 1.29 is 9.59 Å². The minimum absolute atomic E-state index is 0.00867. The third kappa shape index (κ3) is 8.96. The molecule has 3 aromatic rings. The first-order chi connectivity index (χ1) is 17.8. The van der Waals surface area contributed by atoms with Gasteiger partial charge in [0.2, 0.25) is 11.8 Å². The smallest absolute Gasteiger partial charge is 0.243 e. The normalized spacial score (nSPS) is 12.6. The Kier molecular flexibility index (Phi) is 11.7. The molecule has 0 aliphatic rings. The summed E-state index contributed by atoms with van der Waals surface area (Å²) in [6.07, 6.45) is 1.19. The molecule has 0 aromatic heterocycles.